The Balaban J connectivity index is 3.50. The fourth-order valence-corrected chi connectivity index (χ4v) is 1.91. The van der Waals surface area contributed by atoms with E-state index in [0.717, 1.165) is 12.5 Å². The topological polar surface area (TPSA) is 40.1 Å². The van der Waals surface area contributed by atoms with Gasteiger partial charge in [0.25, 0.3) is 0 Å². The van der Waals surface area contributed by atoms with Crippen molar-refractivity contribution in [1.29, 1.82) is 0 Å². The zero-order valence-corrected chi connectivity index (χ0v) is 13.7. The lowest BCUT2D eigenvalue weighted by molar-refractivity contribution is -0.297. The second kappa shape index (κ2) is 17.2. The van der Waals surface area contributed by atoms with E-state index in [-0.39, 0.29) is 0 Å². The van der Waals surface area contributed by atoms with E-state index in [9.17, 15) is 9.90 Å². The maximum atomic E-state index is 10.1. The Bertz CT molecular complexity index is 398. The van der Waals surface area contributed by atoms with Crippen molar-refractivity contribution < 1.29 is 9.90 Å². The van der Waals surface area contributed by atoms with Gasteiger partial charge in [-0.1, -0.05) is 100 Å². The summed E-state index contributed by atoms with van der Waals surface area (Å²) in [7, 11) is 0. The Hall–Kier alpha value is -1.83. The molecule has 0 amide bonds. The van der Waals surface area contributed by atoms with Gasteiger partial charge in [-0.05, 0) is 18.9 Å². The molecule has 0 saturated heterocycles. The largest absolute Gasteiger partial charge is 0.545 e. The maximum absolute atomic E-state index is 10.1. The Morgan fingerprint density at radius 2 is 1.23 bits per heavy atom. The third-order valence-electron chi connectivity index (χ3n) is 3.12. The third kappa shape index (κ3) is 18.2. The van der Waals surface area contributed by atoms with Gasteiger partial charge >= 0.3 is 0 Å². The summed E-state index contributed by atoms with van der Waals surface area (Å²) >= 11 is 0. The van der Waals surface area contributed by atoms with Crippen molar-refractivity contribution in [3.05, 3.63) is 60.8 Å². The first kappa shape index (κ1) is 20.2. The SMILES string of the molecule is CCCCCCCCC/C=C/C=C/C=C/C=C/C=C/C(=O)[O-]. The highest BCUT2D eigenvalue weighted by Gasteiger charge is 1.88. The predicted molar refractivity (Wildman–Crippen MR) is 93.3 cm³/mol. The summed E-state index contributed by atoms with van der Waals surface area (Å²) in [5.74, 6) is -1.18. The van der Waals surface area contributed by atoms with Gasteiger partial charge in [0.2, 0.25) is 0 Å². The van der Waals surface area contributed by atoms with E-state index in [0.29, 0.717) is 0 Å². The van der Waals surface area contributed by atoms with Crippen molar-refractivity contribution in [2.24, 2.45) is 0 Å². The molecule has 122 valence electrons. The van der Waals surface area contributed by atoms with E-state index in [2.05, 4.69) is 19.1 Å². The second-order valence-corrected chi connectivity index (χ2v) is 5.17. The molecule has 0 bridgehead atoms. The number of carboxylic acids is 1. The Morgan fingerprint density at radius 3 is 1.82 bits per heavy atom. The number of unbranched alkanes of at least 4 members (excludes halogenated alkanes) is 7. The minimum atomic E-state index is -1.18. The molecule has 0 fully saturated rings. The molecule has 0 atom stereocenters. The van der Waals surface area contributed by atoms with Gasteiger partial charge in [-0.2, -0.15) is 0 Å². The molecule has 0 spiro atoms. The summed E-state index contributed by atoms with van der Waals surface area (Å²) in [6.45, 7) is 2.25. The zero-order chi connectivity index (χ0) is 16.3. The first-order valence-electron chi connectivity index (χ1n) is 8.31. The third-order valence-corrected chi connectivity index (χ3v) is 3.12. The molecule has 0 saturated carbocycles. The fraction of sp³-hybridized carbons (Fsp3) is 0.450. The van der Waals surface area contributed by atoms with Crippen LogP contribution in [-0.2, 0) is 4.79 Å². The monoisotopic (exact) mass is 301 g/mol. The maximum Gasteiger partial charge on any atom is 0.0642 e. The molecule has 0 radical (unpaired) electrons. The van der Waals surface area contributed by atoms with E-state index in [1.165, 1.54) is 51.0 Å². The average molecular weight is 301 g/mol. The minimum absolute atomic E-state index is 0.993. The molecule has 0 unspecified atom stereocenters. The summed E-state index contributed by atoms with van der Waals surface area (Å²) in [6.07, 6.45) is 28.4. The van der Waals surface area contributed by atoms with Crippen molar-refractivity contribution in [3.8, 4) is 0 Å². The van der Waals surface area contributed by atoms with Crippen LogP contribution in [0, 0.1) is 0 Å². The Morgan fingerprint density at radius 1 is 0.727 bits per heavy atom. The van der Waals surface area contributed by atoms with Crippen molar-refractivity contribution in [1.82, 2.24) is 0 Å². The molecular weight excluding hydrogens is 272 g/mol. The fourth-order valence-electron chi connectivity index (χ4n) is 1.91. The van der Waals surface area contributed by atoms with Gasteiger partial charge in [0, 0.05) is 0 Å². The van der Waals surface area contributed by atoms with E-state index in [1.54, 1.807) is 12.2 Å². The van der Waals surface area contributed by atoms with Crippen LogP contribution in [0.25, 0.3) is 0 Å². The molecule has 2 heteroatoms. The van der Waals surface area contributed by atoms with Crippen molar-refractivity contribution in [2.75, 3.05) is 0 Å². The predicted octanol–water partition coefficient (Wildman–Crippen LogP) is 4.66. The lowest BCUT2D eigenvalue weighted by atomic mass is 10.1. The van der Waals surface area contributed by atoms with Crippen LogP contribution < -0.4 is 5.11 Å². The normalized spacial score (nSPS) is 12.8. The highest BCUT2D eigenvalue weighted by atomic mass is 16.4. The number of hydrogen-bond acceptors (Lipinski definition) is 2. The molecule has 0 N–H and O–H groups in total. The van der Waals surface area contributed by atoms with Gasteiger partial charge in [-0.3, -0.25) is 0 Å². The van der Waals surface area contributed by atoms with E-state index in [4.69, 9.17) is 0 Å². The molecule has 0 aliphatic heterocycles. The molecule has 0 heterocycles. The molecule has 22 heavy (non-hydrogen) atoms. The number of allylic oxidation sites excluding steroid dienone is 9. The van der Waals surface area contributed by atoms with Crippen LogP contribution in [0.5, 0.6) is 0 Å². The lowest BCUT2D eigenvalue weighted by Gasteiger charge is -1.98. The van der Waals surface area contributed by atoms with Crippen LogP contribution in [0.15, 0.2) is 60.8 Å². The first-order valence-corrected chi connectivity index (χ1v) is 8.31. The van der Waals surface area contributed by atoms with E-state index < -0.39 is 5.97 Å². The highest BCUT2D eigenvalue weighted by Crippen LogP contribution is 2.08. The van der Waals surface area contributed by atoms with Crippen LogP contribution in [0.3, 0.4) is 0 Å². The van der Waals surface area contributed by atoms with Gasteiger partial charge in [0.05, 0.1) is 5.97 Å². The number of rotatable bonds is 13. The van der Waals surface area contributed by atoms with Gasteiger partial charge in [0.1, 0.15) is 0 Å². The van der Waals surface area contributed by atoms with Crippen molar-refractivity contribution in [3.63, 3.8) is 0 Å². The molecule has 0 aliphatic rings. The number of carboxylic acid groups (broad SMARTS) is 1. The standard InChI is InChI=1S/C20H30O2/c1-2-3-4-5-6-7-8-9-10-11-12-13-14-15-16-17-18-19-20(21)22/h10-19H,2-9H2,1H3,(H,21,22)/p-1/b11-10+,13-12+,15-14+,17-16+,19-18+. The smallest absolute Gasteiger partial charge is 0.0642 e. The van der Waals surface area contributed by atoms with Gasteiger partial charge in [-0.25, -0.2) is 0 Å². The highest BCUT2D eigenvalue weighted by molar-refractivity contribution is 5.77. The summed E-state index contributed by atoms with van der Waals surface area (Å²) in [5.41, 5.74) is 0. The lowest BCUT2D eigenvalue weighted by Crippen LogP contribution is -2.18. The summed E-state index contributed by atoms with van der Waals surface area (Å²) in [5, 5.41) is 10.1. The second-order valence-electron chi connectivity index (χ2n) is 5.17. The van der Waals surface area contributed by atoms with Crippen LogP contribution in [0.1, 0.15) is 58.3 Å². The van der Waals surface area contributed by atoms with Crippen LogP contribution >= 0.6 is 0 Å². The summed E-state index contributed by atoms with van der Waals surface area (Å²) < 4.78 is 0. The molecule has 0 aromatic rings. The molecular formula is C20H29O2-. The Kier molecular flexibility index (Phi) is 15.8. The average Bonchev–Trinajstić information content (AvgIpc) is 2.50. The molecule has 2 nitrogen and oxygen atoms in total. The van der Waals surface area contributed by atoms with Crippen molar-refractivity contribution >= 4 is 5.97 Å². The molecule has 0 aliphatic carbocycles. The first-order chi connectivity index (χ1) is 10.8. The number of carbonyl (C=O) groups excluding carboxylic acids is 1. The molecule has 0 rings (SSSR count). The minimum Gasteiger partial charge on any atom is -0.545 e. The number of hydrogen-bond donors (Lipinski definition) is 0. The van der Waals surface area contributed by atoms with Crippen LogP contribution in [-0.4, -0.2) is 5.97 Å². The van der Waals surface area contributed by atoms with Gasteiger partial charge in [-0.15, -0.1) is 0 Å². The molecule has 0 aromatic heterocycles. The van der Waals surface area contributed by atoms with Crippen molar-refractivity contribution in [2.45, 2.75) is 58.3 Å². The zero-order valence-electron chi connectivity index (χ0n) is 13.7. The van der Waals surface area contributed by atoms with Gasteiger partial charge in [0.15, 0.2) is 0 Å². The summed E-state index contributed by atoms with van der Waals surface area (Å²) in [6, 6.07) is 0. The van der Waals surface area contributed by atoms with Gasteiger partial charge < -0.3 is 9.90 Å². The van der Waals surface area contributed by atoms with E-state index in [1.807, 2.05) is 24.3 Å². The van der Waals surface area contributed by atoms with Crippen LogP contribution in [0.2, 0.25) is 0 Å². The quantitative estimate of drug-likeness (QED) is 0.282. The Labute approximate surface area is 135 Å². The molecule has 0 aromatic carbocycles. The number of aliphatic carboxylic acids is 1. The van der Waals surface area contributed by atoms with Crippen LogP contribution in [0.4, 0.5) is 0 Å². The number of carbonyl (C=O) groups is 1. The summed E-state index contributed by atoms with van der Waals surface area (Å²) in [4.78, 5) is 10.1. The van der Waals surface area contributed by atoms with E-state index >= 15 is 0 Å².